The average Bonchev–Trinajstić information content (AvgIpc) is 2.87. The van der Waals surface area contributed by atoms with E-state index in [2.05, 4.69) is 42.0 Å². The van der Waals surface area contributed by atoms with Gasteiger partial charge in [-0.25, -0.2) is 0 Å². The van der Waals surface area contributed by atoms with E-state index in [1.54, 1.807) is 11.3 Å². The quantitative estimate of drug-likeness (QED) is 0.622. The van der Waals surface area contributed by atoms with Crippen LogP contribution < -0.4 is 11.3 Å². The monoisotopic (exact) mass is 264 g/mol. The Kier molecular flexibility index (Phi) is 4.72. The lowest BCUT2D eigenvalue weighted by Crippen LogP contribution is -2.37. The normalized spacial score (nSPS) is 14.8. The summed E-state index contributed by atoms with van der Waals surface area (Å²) in [5, 5.41) is 3.38. The highest BCUT2D eigenvalue weighted by molar-refractivity contribution is 7.17. The van der Waals surface area contributed by atoms with Crippen molar-refractivity contribution < 1.29 is 4.74 Å². The number of nitrogens with one attached hydrogen (secondary N) is 1. The zero-order valence-corrected chi connectivity index (χ0v) is 11.7. The van der Waals surface area contributed by atoms with Crippen molar-refractivity contribution in [3.05, 3.63) is 35.2 Å². The Labute approximate surface area is 112 Å². The van der Waals surface area contributed by atoms with E-state index in [1.807, 2.05) is 6.92 Å². The maximum Gasteiger partial charge on any atom is 0.0780 e. The van der Waals surface area contributed by atoms with E-state index in [4.69, 9.17) is 10.6 Å². The van der Waals surface area contributed by atoms with Gasteiger partial charge in [0, 0.05) is 11.3 Å². The molecule has 4 heteroatoms. The van der Waals surface area contributed by atoms with Crippen molar-refractivity contribution in [1.82, 2.24) is 5.43 Å². The van der Waals surface area contributed by atoms with Crippen LogP contribution >= 0.6 is 11.3 Å². The van der Waals surface area contributed by atoms with Crippen molar-refractivity contribution in [3.63, 3.8) is 0 Å². The second kappa shape index (κ2) is 6.29. The summed E-state index contributed by atoms with van der Waals surface area (Å²) < 4.78 is 7.08. The Morgan fingerprint density at radius 3 is 2.83 bits per heavy atom. The van der Waals surface area contributed by atoms with Gasteiger partial charge in [0.25, 0.3) is 0 Å². The Morgan fingerprint density at radius 1 is 1.33 bits per heavy atom. The lowest BCUT2D eigenvalue weighted by Gasteiger charge is -2.26. The van der Waals surface area contributed by atoms with Crippen LogP contribution in [0.4, 0.5) is 0 Å². The molecule has 1 aromatic carbocycles. The van der Waals surface area contributed by atoms with Crippen molar-refractivity contribution in [2.24, 2.45) is 5.84 Å². The number of nitrogens with two attached hydrogens (primary N) is 1. The van der Waals surface area contributed by atoms with E-state index in [-0.39, 0.29) is 12.1 Å². The van der Waals surface area contributed by atoms with E-state index in [0.717, 1.165) is 6.42 Å². The smallest absolute Gasteiger partial charge is 0.0780 e. The molecule has 0 fully saturated rings. The van der Waals surface area contributed by atoms with Gasteiger partial charge in [-0.05, 0) is 35.7 Å². The summed E-state index contributed by atoms with van der Waals surface area (Å²) in [6, 6.07) is 8.51. The Hall–Kier alpha value is -0.940. The van der Waals surface area contributed by atoms with Gasteiger partial charge < -0.3 is 4.74 Å². The van der Waals surface area contributed by atoms with Crippen LogP contribution in [0.1, 0.15) is 31.9 Å². The fourth-order valence-corrected chi connectivity index (χ4v) is 3.28. The van der Waals surface area contributed by atoms with Gasteiger partial charge in [0.15, 0.2) is 0 Å². The molecule has 0 spiro atoms. The molecular weight excluding hydrogens is 244 g/mol. The van der Waals surface area contributed by atoms with Crippen LogP contribution in [-0.4, -0.2) is 12.7 Å². The number of hydrazine groups is 1. The molecule has 18 heavy (non-hydrogen) atoms. The minimum Gasteiger partial charge on any atom is -0.376 e. The SMILES string of the molecule is CCOC(CC)C(NN)c1cccc2ccsc12. The van der Waals surface area contributed by atoms with E-state index in [1.165, 1.54) is 15.6 Å². The Bertz CT molecular complexity index is 497. The molecule has 98 valence electrons. The molecule has 2 rings (SSSR count). The van der Waals surface area contributed by atoms with E-state index in [9.17, 15) is 0 Å². The third-order valence-electron chi connectivity index (χ3n) is 3.18. The van der Waals surface area contributed by atoms with Gasteiger partial charge in [-0.2, -0.15) is 0 Å². The summed E-state index contributed by atoms with van der Waals surface area (Å²) in [5.41, 5.74) is 4.14. The number of ether oxygens (including phenoxy) is 1. The van der Waals surface area contributed by atoms with Crippen LogP contribution in [0.25, 0.3) is 10.1 Å². The van der Waals surface area contributed by atoms with E-state index >= 15 is 0 Å². The van der Waals surface area contributed by atoms with E-state index < -0.39 is 0 Å². The van der Waals surface area contributed by atoms with Crippen LogP contribution in [0.3, 0.4) is 0 Å². The molecule has 1 aromatic heterocycles. The van der Waals surface area contributed by atoms with Crippen LogP contribution in [0.2, 0.25) is 0 Å². The van der Waals surface area contributed by atoms with Gasteiger partial charge in [-0.3, -0.25) is 11.3 Å². The maximum atomic E-state index is 5.79. The fraction of sp³-hybridized carbons (Fsp3) is 0.429. The third kappa shape index (κ3) is 2.57. The summed E-state index contributed by atoms with van der Waals surface area (Å²) in [5.74, 6) is 5.75. The van der Waals surface area contributed by atoms with Gasteiger partial charge in [0.1, 0.15) is 0 Å². The van der Waals surface area contributed by atoms with Crippen molar-refractivity contribution in [2.45, 2.75) is 32.4 Å². The van der Waals surface area contributed by atoms with Crippen LogP contribution in [-0.2, 0) is 4.74 Å². The number of rotatable bonds is 6. The van der Waals surface area contributed by atoms with E-state index in [0.29, 0.717) is 6.61 Å². The third-order valence-corrected chi connectivity index (χ3v) is 4.16. The van der Waals surface area contributed by atoms with Gasteiger partial charge in [0.2, 0.25) is 0 Å². The van der Waals surface area contributed by atoms with Crippen LogP contribution in [0.15, 0.2) is 29.6 Å². The zero-order valence-electron chi connectivity index (χ0n) is 10.8. The number of fused-ring (bicyclic) bond motifs is 1. The van der Waals surface area contributed by atoms with Gasteiger partial charge >= 0.3 is 0 Å². The second-order valence-corrected chi connectivity index (χ2v) is 5.15. The van der Waals surface area contributed by atoms with Gasteiger partial charge in [-0.15, -0.1) is 11.3 Å². The first-order valence-electron chi connectivity index (χ1n) is 6.35. The average molecular weight is 264 g/mol. The molecule has 0 amide bonds. The fourth-order valence-electron chi connectivity index (χ4n) is 2.32. The minimum absolute atomic E-state index is 0.0392. The molecule has 0 aliphatic rings. The molecule has 0 bridgehead atoms. The van der Waals surface area contributed by atoms with Gasteiger partial charge in [0.05, 0.1) is 12.1 Å². The molecule has 2 atom stereocenters. The first-order valence-corrected chi connectivity index (χ1v) is 7.23. The standard InChI is InChI=1S/C14H20N2OS/c1-3-12(17-4-2)13(16-15)11-7-5-6-10-8-9-18-14(10)11/h5-9,12-13,16H,3-4,15H2,1-2H3. The summed E-state index contributed by atoms with van der Waals surface area (Å²) in [7, 11) is 0. The molecule has 3 N–H and O–H groups in total. The Morgan fingerprint density at radius 2 is 2.17 bits per heavy atom. The largest absolute Gasteiger partial charge is 0.376 e. The van der Waals surface area contributed by atoms with Crippen molar-refractivity contribution in [3.8, 4) is 0 Å². The molecule has 2 unspecified atom stereocenters. The molecule has 0 radical (unpaired) electrons. The molecule has 0 saturated carbocycles. The number of hydrogen-bond donors (Lipinski definition) is 2. The molecule has 0 aliphatic carbocycles. The summed E-state index contributed by atoms with van der Waals surface area (Å²) in [6.45, 7) is 4.85. The molecular formula is C14H20N2OS. The first kappa shape index (κ1) is 13.5. The maximum absolute atomic E-state index is 5.79. The first-order chi connectivity index (χ1) is 8.81. The molecule has 0 aliphatic heterocycles. The second-order valence-electron chi connectivity index (χ2n) is 4.23. The molecule has 2 aromatic rings. The predicted octanol–water partition coefficient (Wildman–Crippen LogP) is 3.22. The van der Waals surface area contributed by atoms with Crippen LogP contribution in [0.5, 0.6) is 0 Å². The summed E-state index contributed by atoms with van der Waals surface area (Å²) in [6.07, 6.45) is 1.04. The van der Waals surface area contributed by atoms with Crippen molar-refractivity contribution in [2.75, 3.05) is 6.61 Å². The predicted molar refractivity (Wildman–Crippen MR) is 77.6 cm³/mol. The number of thiophene rings is 1. The molecule has 0 saturated heterocycles. The molecule has 3 nitrogen and oxygen atoms in total. The number of benzene rings is 1. The highest BCUT2D eigenvalue weighted by Crippen LogP contribution is 2.31. The van der Waals surface area contributed by atoms with Crippen LogP contribution in [0, 0.1) is 0 Å². The zero-order chi connectivity index (χ0) is 13.0. The number of hydrogen-bond acceptors (Lipinski definition) is 4. The topological polar surface area (TPSA) is 47.3 Å². The Balaban J connectivity index is 2.39. The van der Waals surface area contributed by atoms with Gasteiger partial charge in [-0.1, -0.05) is 25.1 Å². The highest BCUT2D eigenvalue weighted by Gasteiger charge is 2.23. The van der Waals surface area contributed by atoms with Crippen molar-refractivity contribution in [1.29, 1.82) is 0 Å². The molecule has 1 heterocycles. The highest BCUT2D eigenvalue weighted by atomic mass is 32.1. The summed E-state index contributed by atoms with van der Waals surface area (Å²) >= 11 is 1.75. The lowest BCUT2D eigenvalue weighted by atomic mass is 9.99. The minimum atomic E-state index is 0.0392. The van der Waals surface area contributed by atoms with Crippen molar-refractivity contribution >= 4 is 21.4 Å². The summed E-state index contributed by atoms with van der Waals surface area (Å²) in [4.78, 5) is 0. The lowest BCUT2D eigenvalue weighted by molar-refractivity contribution is 0.0318.